The third-order valence-corrected chi connectivity index (χ3v) is 4.31. The molecule has 0 atom stereocenters. The first-order valence-electron chi connectivity index (χ1n) is 7.83. The molecule has 2 rings (SSSR count). The van der Waals surface area contributed by atoms with Crippen molar-refractivity contribution < 1.29 is 22.7 Å². The Balaban J connectivity index is 2.29. The molecule has 26 heavy (non-hydrogen) atoms. The zero-order valence-corrected chi connectivity index (χ0v) is 16.1. The van der Waals surface area contributed by atoms with Gasteiger partial charge in [0.15, 0.2) is 0 Å². The van der Waals surface area contributed by atoms with Crippen LogP contribution in [-0.4, -0.2) is 12.5 Å². The fourth-order valence-corrected chi connectivity index (χ4v) is 2.64. The Hall–Kier alpha value is -1.73. The number of hydrogen-bond donors (Lipinski definition) is 1. The molecule has 0 bridgehead atoms. The second kappa shape index (κ2) is 8.77. The van der Waals surface area contributed by atoms with Crippen LogP contribution in [-0.2, 0) is 6.18 Å². The van der Waals surface area contributed by atoms with E-state index in [1.54, 1.807) is 12.1 Å². The first-order chi connectivity index (χ1) is 12.2. The molecule has 0 aliphatic heterocycles. The van der Waals surface area contributed by atoms with Gasteiger partial charge in [0.25, 0.3) is 5.91 Å². The Labute approximate surface area is 162 Å². The summed E-state index contributed by atoms with van der Waals surface area (Å²) in [6.07, 6.45) is -2.79. The number of unbranched alkanes of at least 4 members (excludes halogenated alkanes) is 1. The molecule has 8 heteroatoms. The average Bonchev–Trinajstić information content (AvgIpc) is 2.57. The first-order valence-corrected chi connectivity index (χ1v) is 9.00. The molecule has 0 spiro atoms. The maximum Gasteiger partial charge on any atom is 0.416 e. The summed E-state index contributed by atoms with van der Waals surface area (Å²) in [4.78, 5) is 12.6. The van der Waals surface area contributed by atoms with E-state index >= 15 is 0 Å². The van der Waals surface area contributed by atoms with Crippen LogP contribution in [0.15, 0.2) is 40.9 Å². The van der Waals surface area contributed by atoms with Crippen LogP contribution in [0.5, 0.6) is 5.75 Å². The minimum Gasteiger partial charge on any atom is -0.493 e. The number of anilines is 1. The molecule has 1 N–H and O–H groups in total. The highest BCUT2D eigenvalue weighted by molar-refractivity contribution is 9.10. The van der Waals surface area contributed by atoms with Crippen molar-refractivity contribution >= 4 is 39.1 Å². The second-order valence-corrected chi connectivity index (χ2v) is 6.81. The van der Waals surface area contributed by atoms with Gasteiger partial charge in [0.05, 0.1) is 28.4 Å². The summed E-state index contributed by atoms with van der Waals surface area (Å²) in [6.45, 7) is 2.44. The topological polar surface area (TPSA) is 38.3 Å². The number of halogens is 5. The summed E-state index contributed by atoms with van der Waals surface area (Å²) in [5.41, 5.74) is -0.819. The predicted molar refractivity (Wildman–Crippen MR) is 99.0 cm³/mol. The number of ether oxygens (including phenoxy) is 1. The van der Waals surface area contributed by atoms with Crippen molar-refractivity contribution in [2.24, 2.45) is 0 Å². The number of alkyl halides is 3. The number of nitrogens with one attached hydrogen (secondary N) is 1. The molecule has 0 radical (unpaired) electrons. The van der Waals surface area contributed by atoms with Gasteiger partial charge in [-0.15, -0.1) is 0 Å². The molecule has 140 valence electrons. The maximum absolute atomic E-state index is 12.9. The van der Waals surface area contributed by atoms with Crippen molar-refractivity contribution in [3.05, 3.63) is 57.0 Å². The smallest absolute Gasteiger partial charge is 0.416 e. The average molecular weight is 451 g/mol. The minimum atomic E-state index is -4.53. The Kier molecular flexibility index (Phi) is 6.94. The fraction of sp³-hybridized carbons (Fsp3) is 0.278. The van der Waals surface area contributed by atoms with Gasteiger partial charge in [0, 0.05) is 4.47 Å². The lowest BCUT2D eigenvalue weighted by Crippen LogP contribution is -2.15. The summed E-state index contributed by atoms with van der Waals surface area (Å²) in [7, 11) is 0. The quantitative estimate of drug-likeness (QED) is 0.507. The van der Waals surface area contributed by atoms with E-state index in [0.717, 1.165) is 31.0 Å². The molecule has 0 unspecified atom stereocenters. The minimum absolute atomic E-state index is 0.00907. The van der Waals surface area contributed by atoms with Crippen LogP contribution in [0.4, 0.5) is 18.9 Å². The lowest BCUT2D eigenvalue weighted by Gasteiger charge is -2.14. The van der Waals surface area contributed by atoms with Gasteiger partial charge in [-0.25, -0.2) is 0 Å². The number of rotatable bonds is 6. The van der Waals surface area contributed by atoms with E-state index in [9.17, 15) is 18.0 Å². The molecule has 0 fully saturated rings. The zero-order chi connectivity index (χ0) is 19.3. The van der Waals surface area contributed by atoms with Crippen molar-refractivity contribution in [3.8, 4) is 5.75 Å². The van der Waals surface area contributed by atoms with Crippen LogP contribution in [0.25, 0.3) is 0 Å². The van der Waals surface area contributed by atoms with E-state index in [4.69, 9.17) is 16.3 Å². The van der Waals surface area contributed by atoms with Crippen molar-refractivity contribution in [1.29, 1.82) is 0 Å². The molecule has 3 nitrogen and oxygen atoms in total. The number of amides is 1. The standard InChI is InChI=1S/C18H16BrClF3NO2/c1-2-3-8-26-16-7-5-12(19)10-13(16)17(25)24-15-9-11(18(21,22)23)4-6-14(15)20/h4-7,9-10H,2-3,8H2,1H3,(H,24,25). The van der Waals surface area contributed by atoms with E-state index < -0.39 is 17.6 Å². The van der Waals surface area contributed by atoms with Crippen molar-refractivity contribution in [1.82, 2.24) is 0 Å². The Bertz CT molecular complexity index is 796. The van der Waals surface area contributed by atoms with Gasteiger partial charge in [-0.1, -0.05) is 40.9 Å². The normalized spacial score (nSPS) is 11.3. The van der Waals surface area contributed by atoms with Gasteiger partial charge in [0.1, 0.15) is 5.75 Å². The SMILES string of the molecule is CCCCOc1ccc(Br)cc1C(=O)Nc1cc(C(F)(F)F)ccc1Cl. The third kappa shape index (κ3) is 5.38. The van der Waals surface area contributed by atoms with Crippen LogP contribution in [0.3, 0.4) is 0 Å². The molecule has 2 aromatic carbocycles. The van der Waals surface area contributed by atoms with Gasteiger partial charge in [-0.3, -0.25) is 4.79 Å². The predicted octanol–water partition coefficient (Wildman–Crippen LogP) is 6.55. The van der Waals surface area contributed by atoms with E-state index in [1.807, 2.05) is 6.92 Å². The molecule has 0 saturated heterocycles. The lowest BCUT2D eigenvalue weighted by molar-refractivity contribution is -0.137. The Morgan fingerprint density at radius 3 is 2.62 bits per heavy atom. The molecule has 0 heterocycles. The second-order valence-electron chi connectivity index (χ2n) is 5.49. The first kappa shape index (κ1) is 20.6. The number of hydrogen-bond acceptors (Lipinski definition) is 2. The van der Waals surface area contributed by atoms with Gasteiger partial charge < -0.3 is 10.1 Å². The highest BCUT2D eigenvalue weighted by Crippen LogP contribution is 2.34. The summed E-state index contributed by atoms with van der Waals surface area (Å²) < 4.78 is 44.8. The van der Waals surface area contributed by atoms with E-state index in [2.05, 4.69) is 21.2 Å². The molecule has 0 aromatic heterocycles. The van der Waals surface area contributed by atoms with Gasteiger partial charge in [-0.05, 0) is 42.8 Å². The van der Waals surface area contributed by atoms with E-state index in [0.29, 0.717) is 16.8 Å². The van der Waals surface area contributed by atoms with Crippen molar-refractivity contribution in [3.63, 3.8) is 0 Å². The maximum atomic E-state index is 12.9. The fourth-order valence-electron chi connectivity index (χ4n) is 2.12. The van der Waals surface area contributed by atoms with Gasteiger partial charge in [-0.2, -0.15) is 13.2 Å². The Morgan fingerprint density at radius 2 is 1.96 bits per heavy atom. The number of carbonyl (C=O) groups excluding carboxylic acids is 1. The van der Waals surface area contributed by atoms with Crippen LogP contribution < -0.4 is 10.1 Å². The Morgan fingerprint density at radius 1 is 1.23 bits per heavy atom. The molecular formula is C18H16BrClF3NO2. The summed E-state index contributed by atoms with van der Waals surface area (Å²) in [5, 5.41) is 2.43. The van der Waals surface area contributed by atoms with Crippen molar-refractivity contribution in [2.75, 3.05) is 11.9 Å². The molecule has 0 aliphatic carbocycles. The molecule has 2 aromatic rings. The summed E-state index contributed by atoms with van der Waals surface area (Å²) >= 11 is 9.20. The molecule has 0 aliphatic rings. The third-order valence-electron chi connectivity index (χ3n) is 3.48. The number of carbonyl (C=O) groups is 1. The largest absolute Gasteiger partial charge is 0.493 e. The van der Waals surface area contributed by atoms with Gasteiger partial charge >= 0.3 is 6.18 Å². The summed E-state index contributed by atoms with van der Waals surface area (Å²) in [6, 6.07) is 7.64. The molecule has 1 amide bonds. The van der Waals surface area contributed by atoms with Crippen LogP contribution in [0.1, 0.15) is 35.7 Å². The number of benzene rings is 2. The molecular weight excluding hydrogens is 435 g/mol. The van der Waals surface area contributed by atoms with Crippen LogP contribution in [0.2, 0.25) is 5.02 Å². The highest BCUT2D eigenvalue weighted by atomic mass is 79.9. The van der Waals surface area contributed by atoms with Crippen LogP contribution in [0, 0.1) is 0 Å². The van der Waals surface area contributed by atoms with E-state index in [1.165, 1.54) is 6.07 Å². The monoisotopic (exact) mass is 449 g/mol. The van der Waals surface area contributed by atoms with Crippen molar-refractivity contribution in [2.45, 2.75) is 25.9 Å². The lowest BCUT2D eigenvalue weighted by atomic mass is 10.1. The van der Waals surface area contributed by atoms with Gasteiger partial charge in [0.2, 0.25) is 0 Å². The molecule has 0 saturated carbocycles. The van der Waals surface area contributed by atoms with E-state index in [-0.39, 0.29) is 16.3 Å². The highest BCUT2D eigenvalue weighted by Gasteiger charge is 2.31. The zero-order valence-electron chi connectivity index (χ0n) is 13.8. The summed E-state index contributed by atoms with van der Waals surface area (Å²) in [5.74, 6) is -0.263. The van der Waals surface area contributed by atoms with Crippen LogP contribution >= 0.6 is 27.5 Å².